The van der Waals surface area contributed by atoms with Gasteiger partial charge in [-0.3, -0.25) is 4.57 Å². The highest BCUT2D eigenvalue weighted by atomic mass is 32.2. The van der Waals surface area contributed by atoms with Gasteiger partial charge in [0.05, 0.1) is 17.6 Å². The number of halogens is 4. The highest BCUT2D eigenvalue weighted by Gasteiger charge is 2.31. The van der Waals surface area contributed by atoms with Crippen LogP contribution >= 0.6 is 12.3 Å². The molecule has 0 amide bonds. The highest BCUT2D eigenvalue weighted by Crippen LogP contribution is 2.35. The van der Waals surface area contributed by atoms with Gasteiger partial charge in [0.2, 0.25) is 5.95 Å². The molecule has 11 heteroatoms. The van der Waals surface area contributed by atoms with Crippen molar-refractivity contribution in [3.63, 3.8) is 0 Å². The first-order valence-corrected chi connectivity index (χ1v) is 7.48. The van der Waals surface area contributed by atoms with Crippen LogP contribution in [0.3, 0.4) is 0 Å². The minimum atomic E-state index is -4.79. The van der Waals surface area contributed by atoms with Crippen molar-refractivity contribution in [2.45, 2.75) is 6.36 Å². The van der Waals surface area contributed by atoms with E-state index in [-0.39, 0.29) is 24.0 Å². The van der Waals surface area contributed by atoms with E-state index in [9.17, 15) is 17.1 Å². The van der Waals surface area contributed by atoms with Gasteiger partial charge < -0.3 is 10.5 Å². The molecule has 0 aliphatic heterocycles. The van der Waals surface area contributed by atoms with Gasteiger partial charge in [-0.2, -0.15) is 0 Å². The molecule has 2 aromatic heterocycles. The number of rotatable bonds is 4. The second kappa shape index (κ2) is 6.31. The fourth-order valence-electron chi connectivity index (χ4n) is 2.23. The molecule has 6 nitrogen and oxygen atoms in total. The molecule has 0 fully saturated rings. The van der Waals surface area contributed by atoms with E-state index in [0.717, 1.165) is 16.4 Å². The summed E-state index contributed by atoms with van der Waals surface area (Å²) in [5, 5.41) is 0. The van der Waals surface area contributed by atoms with Gasteiger partial charge in [0.15, 0.2) is 18.0 Å². The molecule has 0 aliphatic rings. The van der Waals surface area contributed by atoms with E-state index in [2.05, 4.69) is 14.7 Å². The quantitative estimate of drug-likeness (QED) is 0.548. The molecule has 2 N–H and O–H groups in total. The first-order chi connectivity index (χ1) is 11.8. The molecule has 0 spiro atoms. The lowest BCUT2D eigenvalue weighted by Crippen LogP contribution is -2.17. The Hall–Kier alpha value is -2.69. The molecule has 2 heterocycles. The lowest BCUT2D eigenvalue weighted by Gasteiger charge is -2.18. The topological polar surface area (TPSA) is 69.2 Å². The van der Waals surface area contributed by atoms with Crippen LogP contribution in [-0.2, 0) is 7.05 Å². The minimum Gasteiger partial charge on any atom is -0.406 e. The number of aromatic nitrogens is 3. The van der Waals surface area contributed by atoms with E-state index < -0.39 is 12.1 Å². The van der Waals surface area contributed by atoms with E-state index in [1.807, 2.05) is 0 Å². The molecule has 0 unspecified atom stereocenters. The molecule has 3 aromatic rings. The number of anilines is 3. The third-order valence-corrected chi connectivity index (χ3v) is 3.77. The van der Waals surface area contributed by atoms with Crippen LogP contribution in [0.1, 0.15) is 0 Å². The van der Waals surface area contributed by atoms with Crippen LogP contribution in [0.25, 0.3) is 11.2 Å². The molecule has 0 saturated carbocycles. The Labute approximate surface area is 143 Å². The van der Waals surface area contributed by atoms with E-state index in [1.54, 1.807) is 17.7 Å². The van der Waals surface area contributed by atoms with Crippen molar-refractivity contribution in [1.82, 2.24) is 14.5 Å². The molecule has 0 bridgehead atoms. The SMILES string of the molecule is Cn1c(N(SF)c2ccc(OC(F)(F)F)cc2)nc2cc(N)cnc21. The minimum absolute atomic E-state index is 0.143. The normalized spacial score (nSPS) is 11.7. The summed E-state index contributed by atoms with van der Waals surface area (Å²) in [5.74, 6) is -0.204. The van der Waals surface area contributed by atoms with Gasteiger partial charge >= 0.3 is 6.36 Å². The van der Waals surface area contributed by atoms with Gasteiger partial charge in [-0.15, -0.1) is 17.1 Å². The van der Waals surface area contributed by atoms with Gasteiger partial charge in [0, 0.05) is 7.05 Å². The van der Waals surface area contributed by atoms with Crippen LogP contribution < -0.4 is 14.8 Å². The number of hydrogen-bond acceptors (Lipinski definition) is 6. The van der Waals surface area contributed by atoms with Gasteiger partial charge in [0.1, 0.15) is 11.3 Å². The lowest BCUT2D eigenvalue weighted by atomic mass is 10.3. The Morgan fingerprint density at radius 1 is 1.24 bits per heavy atom. The Bertz CT molecular complexity index is 897. The molecule has 3 rings (SSSR count). The zero-order chi connectivity index (χ0) is 18.2. The van der Waals surface area contributed by atoms with Crippen LogP contribution in [0.5, 0.6) is 5.75 Å². The van der Waals surface area contributed by atoms with E-state index in [4.69, 9.17) is 5.73 Å². The summed E-state index contributed by atoms with van der Waals surface area (Å²) in [5.41, 5.74) is 7.29. The summed E-state index contributed by atoms with van der Waals surface area (Å²) >= 11 is -0.143. The number of nitrogen functional groups attached to an aromatic ring is 1. The number of hydrogen-bond donors (Lipinski definition) is 1. The Morgan fingerprint density at radius 2 is 1.92 bits per heavy atom. The largest absolute Gasteiger partial charge is 0.573 e. The monoisotopic (exact) mass is 373 g/mol. The van der Waals surface area contributed by atoms with Crippen molar-refractivity contribution in [3.05, 3.63) is 36.5 Å². The van der Waals surface area contributed by atoms with Gasteiger partial charge in [-0.1, -0.05) is 0 Å². The molecule has 0 aliphatic carbocycles. The summed E-state index contributed by atoms with van der Waals surface area (Å²) in [4.78, 5) is 8.41. The Morgan fingerprint density at radius 3 is 2.52 bits per heavy atom. The Balaban J connectivity index is 1.96. The maximum absolute atomic E-state index is 13.5. The highest BCUT2D eigenvalue weighted by molar-refractivity contribution is 7.96. The van der Waals surface area contributed by atoms with Crippen molar-refractivity contribution in [2.24, 2.45) is 7.05 Å². The zero-order valence-corrected chi connectivity index (χ0v) is 13.5. The van der Waals surface area contributed by atoms with Crippen LogP contribution in [0, 0.1) is 0 Å². The van der Waals surface area contributed by atoms with E-state index in [0.29, 0.717) is 16.9 Å². The van der Waals surface area contributed by atoms with Crippen LogP contribution in [-0.4, -0.2) is 20.9 Å². The molecule has 0 radical (unpaired) electrons. The zero-order valence-electron chi connectivity index (χ0n) is 12.7. The third-order valence-electron chi connectivity index (χ3n) is 3.26. The fourth-order valence-corrected chi connectivity index (χ4v) is 2.66. The number of alkyl halides is 3. The number of fused-ring (bicyclic) bond motifs is 1. The fraction of sp³-hybridized carbons (Fsp3) is 0.143. The average molecular weight is 373 g/mol. The molecule has 25 heavy (non-hydrogen) atoms. The first kappa shape index (κ1) is 17.1. The summed E-state index contributed by atoms with van der Waals surface area (Å²) in [7, 11) is 1.64. The Kier molecular flexibility index (Phi) is 4.33. The molecule has 1 aromatic carbocycles. The van der Waals surface area contributed by atoms with Crippen molar-refractivity contribution < 1.29 is 21.8 Å². The first-order valence-electron chi connectivity index (χ1n) is 6.81. The number of benzene rings is 1. The number of pyridine rings is 1. The maximum atomic E-state index is 13.5. The summed E-state index contributed by atoms with van der Waals surface area (Å²) in [6, 6.07) is 6.34. The van der Waals surface area contributed by atoms with Crippen LogP contribution in [0.2, 0.25) is 0 Å². The standard InChI is InChI=1S/C14H11F4N5OS/c1-22-12-11(6-8(19)7-20-12)21-13(22)23(25-18)9-2-4-10(5-3-9)24-14(15,16)17/h2-7H,19H2,1H3. The lowest BCUT2D eigenvalue weighted by molar-refractivity contribution is -0.274. The molecular formula is C14H11F4N5OS. The maximum Gasteiger partial charge on any atom is 0.573 e. The van der Waals surface area contributed by atoms with Crippen molar-refractivity contribution in [2.75, 3.05) is 10.0 Å². The van der Waals surface area contributed by atoms with Gasteiger partial charge in [-0.25, -0.2) is 14.3 Å². The van der Waals surface area contributed by atoms with Gasteiger partial charge in [0.25, 0.3) is 0 Å². The predicted molar refractivity (Wildman–Crippen MR) is 86.9 cm³/mol. The molecular weight excluding hydrogens is 362 g/mol. The summed E-state index contributed by atoms with van der Waals surface area (Å²) in [6.07, 6.45) is -3.34. The second-order valence-corrected chi connectivity index (χ2v) is 5.49. The smallest absolute Gasteiger partial charge is 0.406 e. The van der Waals surface area contributed by atoms with Crippen LogP contribution in [0.15, 0.2) is 36.5 Å². The number of aryl methyl sites for hydroxylation is 1. The number of imidazole rings is 1. The van der Waals surface area contributed by atoms with Crippen molar-refractivity contribution >= 4 is 40.8 Å². The molecule has 0 saturated heterocycles. The summed E-state index contributed by atoms with van der Waals surface area (Å²) < 4.78 is 56.6. The summed E-state index contributed by atoms with van der Waals surface area (Å²) in [6.45, 7) is 0. The number of nitrogens with two attached hydrogens (primary N) is 1. The van der Waals surface area contributed by atoms with Crippen LogP contribution in [0.4, 0.5) is 34.4 Å². The third kappa shape index (κ3) is 3.55. The van der Waals surface area contributed by atoms with E-state index >= 15 is 0 Å². The molecule has 132 valence electrons. The van der Waals surface area contributed by atoms with Gasteiger partial charge in [-0.05, 0) is 30.3 Å². The van der Waals surface area contributed by atoms with Crippen molar-refractivity contribution in [1.29, 1.82) is 0 Å². The average Bonchev–Trinajstić information content (AvgIpc) is 2.84. The number of ether oxygens (including phenoxy) is 1. The van der Waals surface area contributed by atoms with Crippen molar-refractivity contribution in [3.8, 4) is 5.75 Å². The molecule has 0 atom stereocenters. The number of nitrogens with zero attached hydrogens (tertiary/aromatic N) is 4. The second-order valence-electron chi connectivity index (χ2n) is 4.99. The van der Waals surface area contributed by atoms with E-state index in [1.165, 1.54) is 18.3 Å². The predicted octanol–water partition coefficient (Wildman–Crippen LogP) is 4.12.